The molecule has 0 radical (unpaired) electrons. The Balaban J connectivity index is 1.99. The van der Waals surface area contributed by atoms with Crippen molar-refractivity contribution in [3.63, 3.8) is 0 Å². The fourth-order valence-electron chi connectivity index (χ4n) is 2.25. The van der Waals surface area contributed by atoms with Gasteiger partial charge in [-0.3, -0.25) is 0 Å². The van der Waals surface area contributed by atoms with E-state index >= 15 is 0 Å². The second kappa shape index (κ2) is 7.88. The summed E-state index contributed by atoms with van der Waals surface area (Å²) in [5.41, 5.74) is 2.53. The van der Waals surface area contributed by atoms with Gasteiger partial charge in [0.25, 0.3) is 0 Å². The maximum absolute atomic E-state index is 5.52. The van der Waals surface area contributed by atoms with Crippen LogP contribution in [0.2, 0.25) is 0 Å². The first kappa shape index (κ1) is 14.8. The molecular weight excluding hydrogens is 250 g/mol. The van der Waals surface area contributed by atoms with Crippen LogP contribution in [0.1, 0.15) is 43.2 Å². The van der Waals surface area contributed by atoms with Crippen molar-refractivity contribution < 1.29 is 9.15 Å². The standard InChI is InChI=1S/C17H23NO2/c1-3-16(17-10-7-11-20-17)18-12-14-8-5-6-9-15(14)13-19-4-2/h5-11,16,18H,3-4,12-13H2,1-2H3. The molecule has 0 spiro atoms. The lowest BCUT2D eigenvalue weighted by Crippen LogP contribution is -2.20. The van der Waals surface area contributed by atoms with Crippen molar-refractivity contribution in [1.29, 1.82) is 0 Å². The molecule has 1 heterocycles. The average molecular weight is 273 g/mol. The zero-order valence-corrected chi connectivity index (χ0v) is 12.3. The monoisotopic (exact) mass is 273 g/mol. The van der Waals surface area contributed by atoms with Gasteiger partial charge in [-0.05, 0) is 36.6 Å². The van der Waals surface area contributed by atoms with Gasteiger partial charge in [0.05, 0.1) is 18.9 Å². The summed E-state index contributed by atoms with van der Waals surface area (Å²) in [7, 11) is 0. The minimum absolute atomic E-state index is 0.255. The molecular formula is C17H23NO2. The predicted molar refractivity (Wildman–Crippen MR) is 80.4 cm³/mol. The molecule has 1 aromatic carbocycles. The second-order valence-electron chi connectivity index (χ2n) is 4.76. The molecule has 108 valence electrons. The van der Waals surface area contributed by atoms with Gasteiger partial charge in [-0.2, -0.15) is 0 Å². The van der Waals surface area contributed by atoms with E-state index in [4.69, 9.17) is 9.15 Å². The molecule has 0 aliphatic carbocycles. The first-order valence-corrected chi connectivity index (χ1v) is 7.26. The number of hydrogen-bond donors (Lipinski definition) is 1. The molecule has 0 fully saturated rings. The number of ether oxygens (including phenoxy) is 1. The fourth-order valence-corrected chi connectivity index (χ4v) is 2.25. The van der Waals surface area contributed by atoms with Crippen molar-refractivity contribution in [2.45, 2.75) is 39.5 Å². The van der Waals surface area contributed by atoms with E-state index in [1.807, 2.05) is 19.1 Å². The van der Waals surface area contributed by atoms with Gasteiger partial charge < -0.3 is 14.5 Å². The molecule has 0 amide bonds. The van der Waals surface area contributed by atoms with E-state index in [-0.39, 0.29) is 6.04 Å². The highest BCUT2D eigenvalue weighted by molar-refractivity contribution is 5.26. The van der Waals surface area contributed by atoms with Crippen LogP contribution in [0.15, 0.2) is 47.1 Å². The van der Waals surface area contributed by atoms with Gasteiger partial charge in [0, 0.05) is 13.2 Å². The van der Waals surface area contributed by atoms with Gasteiger partial charge in [-0.15, -0.1) is 0 Å². The van der Waals surface area contributed by atoms with Crippen LogP contribution in [0.5, 0.6) is 0 Å². The van der Waals surface area contributed by atoms with Crippen molar-refractivity contribution in [2.24, 2.45) is 0 Å². The van der Waals surface area contributed by atoms with Crippen LogP contribution in [0.25, 0.3) is 0 Å². The normalized spacial score (nSPS) is 12.5. The molecule has 1 unspecified atom stereocenters. The Hall–Kier alpha value is -1.58. The molecule has 0 aliphatic rings. The van der Waals surface area contributed by atoms with Gasteiger partial charge in [0.1, 0.15) is 5.76 Å². The van der Waals surface area contributed by atoms with Crippen LogP contribution in [-0.2, 0) is 17.9 Å². The lowest BCUT2D eigenvalue weighted by molar-refractivity contribution is 0.133. The van der Waals surface area contributed by atoms with Crippen molar-refractivity contribution in [1.82, 2.24) is 5.32 Å². The van der Waals surface area contributed by atoms with Crippen LogP contribution in [0.3, 0.4) is 0 Å². The number of hydrogen-bond acceptors (Lipinski definition) is 3. The summed E-state index contributed by atoms with van der Waals surface area (Å²) in [6, 6.07) is 12.6. The number of benzene rings is 1. The van der Waals surface area contributed by atoms with Crippen molar-refractivity contribution in [3.8, 4) is 0 Å². The van der Waals surface area contributed by atoms with Crippen LogP contribution in [-0.4, -0.2) is 6.61 Å². The highest BCUT2D eigenvalue weighted by Crippen LogP contribution is 2.18. The Morgan fingerprint density at radius 3 is 2.55 bits per heavy atom. The molecule has 2 rings (SSSR count). The van der Waals surface area contributed by atoms with Gasteiger partial charge in [0.2, 0.25) is 0 Å². The summed E-state index contributed by atoms with van der Waals surface area (Å²) >= 11 is 0. The lowest BCUT2D eigenvalue weighted by atomic mass is 10.1. The Morgan fingerprint density at radius 2 is 1.90 bits per heavy atom. The summed E-state index contributed by atoms with van der Waals surface area (Å²) in [5, 5.41) is 3.56. The predicted octanol–water partition coefficient (Wildman–Crippen LogP) is 4.06. The lowest BCUT2D eigenvalue weighted by Gasteiger charge is -2.16. The first-order chi connectivity index (χ1) is 9.85. The third-order valence-corrected chi connectivity index (χ3v) is 3.41. The third-order valence-electron chi connectivity index (χ3n) is 3.41. The second-order valence-corrected chi connectivity index (χ2v) is 4.76. The molecule has 1 aromatic heterocycles. The summed E-state index contributed by atoms with van der Waals surface area (Å²) in [6.45, 7) is 6.41. The summed E-state index contributed by atoms with van der Waals surface area (Å²) in [4.78, 5) is 0. The Morgan fingerprint density at radius 1 is 1.10 bits per heavy atom. The van der Waals surface area contributed by atoms with E-state index in [0.29, 0.717) is 6.61 Å². The zero-order chi connectivity index (χ0) is 14.2. The number of nitrogens with one attached hydrogen (secondary N) is 1. The zero-order valence-electron chi connectivity index (χ0n) is 12.3. The third kappa shape index (κ3) is 3.95. The number of rotatable bonds is 8. The molecule has 3 heteroatoms. The largest absolute Gasteiger partial charge is 0.468 e. The Kier molecular flexibility index (Phi) is 5.84. The Bertz CT molecular complexity index is 493. The smallest absolute Gasteiger partial charge is 0.120 e. The highest BCUT2D eigenvalue weighted by Gasteiger charge is 2.12. The Labute approximate surface area is 121 Å². The number of furan rings is 1. The molecule has 0 aliphatic heterocycles. The summed E-state index contributed by atoms with van der Waals surface area (Å²) in [6.07, 6.45) is 2.73. The molecule has 0 saturated heterocycles. The topological polar surface area (TPSA) is 34.4 Å². The van der Waals surface area contributed by atoms with Crippen LogP contribution < -0.4 is 5.32 Å². The van der Waals surface area contributed by atoms with Crippen LogP contribution >= 0.6 is 0 Å². The van der Waals surface area contributed by atoms with E-state index in [1.54, 1.807) is 6.26 Å². The minimum Gasteiger partial charge on any atom is -0.468 e. The summed E-state index contributed by atoms with van der Waals surface area (Å²) in [5.74, 6) is 0.995. The molecule has 1 N–H and O–H groups in total. The molecule has 1 atom stereocenters. The maximum atomic E-state index is 5.52. The van der Waals surface area contributed by atoms with Gasteiger partial charge >= 0.3 is 0 Å². The average Bonchev–Trinajstić information content (AvgIpc) is 3.01. The van der Waals surface area contributed by atoms with Crippen molar-refractivity contribution in [2.75, 3.05) is 6.61 Å². The van der Waals surface area contributed by atoms with Gasteiger partial charge in [-0.25, -0.2) is 0 Å². The van der Waals surface area contributed by atoms with Gasteiger partial charge in [-0.1, -0.05) is 31.2 Å². The minimum atomic E-state index is 0.255. The van der Waals surface area contributed by atoms with Crippen LogP contribution in [0, 0.1) is 0 Å². The highest BCUT2D eigenvalue weighted by atomic mass is 16.5. The first-order valence-electron chi connectivity index (χ1n) is 7.26. The molecule has 3 nitrogen and oxygen atoms in total. The van der Waals surface area contributed by atoms with E-state index in [9.17, 15) is 0 Å². The summed E-state index contributed by atoms with van der Waals surface area (Å²) < 4.78 is 11.0. The molecule has 2 aromatic rings. The van der Waals surface area contributed by atoms with Gasteiger partial charge in [0.15, 0.2) is 0 Å². The quantitative estimate of drug-likeness (QED) is 0.787. The van der Waals surface area contributed by atoms with Crippen LogP contribution in [0.4, 0.5) is 0 Å². The molecule has 20 heavy (non-hydrogen) atoms. The van der Waals surface area contributed by atoms with E-state index < -0.39 is 0 Å². The van der Waals surface area contributed by atoms with Crippen molar-refractivity contribution in [3.05, 3.63) is 59.5 Å². The van der Waals surface area contributed by atoms with E-state index in [2.05, 4.69) is 36.5 Å². The van der Waals surface area contributed by atoms with E-state index in [0.717, 1.165) is 25.3 Å². The SMILES string of the molecule is CCOCc1ccccc1CNC(CC)c1ccco1. The van der Waals surface area contributed by atoms with Crippen molar-refractivity contribution >= 4 is 0 Å². The molecule has 0 saturated carbocycles. The maximum Gasteiger partial charge on any atom is 0.120 e. The van der Waals surface area contributed by atoms with E-state index in [1.165, 1.54) is 11.1 Å². The fraction of sp³-hybridized carbons (Fsp3) is 0.412. The molecule has 0 bridgehead atoms.